The number of fused-ring (bicyclic) bond motifs is 1. The summed E-state index contributed by atoms with van der Waals surface area (Å²) < 4.78 is 12.0. The molecule has 3 nitrogen and oxygen atoms in total. The highest BCUT2D eigenvalue weighted by Crippen LogP contribution is 2.49. The van der Waals surface area contributed by atoms with Gasteiger partial charge in [-0.3, -0.25) is 0 Å². The molecule has 1 saturated heterocycles. The summed E-state index contributed by atoms with van der Waals surface area (Å²) in [7, 11) is 0. The molecule has 108 valence electrons. The third-order valence-corrected chi connectivity index (χ3v) is 4.52. The Morgan fingerprint density at radius 2 is 1.95 bits per heavy atom. The summed E-state index contributed by atoms with van der Waals surface area (Å²) in [6.45, 7) is 13.9. The summed E-state index contributed by atoms with van der Waals surface area (Å²) in [5.74, 6) is -0.679. The van der Waals surface area contributed by atoms with Crippen molar-refractivity contribution in [3.63, 3.8) is 0 Å². The van der Waals surface area contributed by atoms with E-state index >= 15 is 0 Å². The third kappa shape index (κ3) is 2.39. The summed E-state index contributed by atoms with van der Waals surface area (Å²) in [4.78, 5) is 0. The lowest BCUT2D eigenvalue weighted by molar-refractivity contribution is -0.151. The van der Waals surface area contributed by atoms with Crippen LogP contribution in [0.1, 0.15) is 47.5 Å². The first kappa shape index (κ1) is 14.8. The Hall–Kier alpha value is -0.640. The highest BCUT2D eigenvalue weighted by atomic mass is 16.8. The molecule has 0 amide bonds. The second kappa shape index (κ2) is 4.72. The Morgan fingerprint density at radius 3 is 2.47 bits per heavy atom. The third-order valence-electron chi connectivity index (χ3n) is 4.52. The number of aliphatic hydroxyl groups is 1. The molecule has 1 aliphatic carbocycles. The minimum absolute atomic E-state index is 0.0571. The smallest absolute Gasteiger partial charge is 0.163 e. The molecule has 0 spiro atoms. The SMILES string of the molecule is C=C(C)[C@H]1[C@@H]2OC(C)(C)O[C@@H]2CC[C@]1(O)/C(C)=C/C. The number of allylic oxidation sites excluding steroid dienone is 1. The number of ether oxygens (including phenoxy) is 2. The van der Waals surface area contributed by atoms with Crippen LogP contribution in [0.4, 0.5) is 0 Å². The van der Waals surface area contributed by atoms with E-state index in [0.29, 0.717) is 6.42 Å². The highest BCUT2D eigenvalue weighted by Gasteiger charge is 2.56. The van der Waals surface area contributed by atoms with E-state index in [1.54, 1.807) is 0 Å². The van der Waals surface area contributed by atoms with Crippen LogP contribution >= 0.6 is 0 Å². The Labute approximate surface area is 116 Å². The van der Waals surface area contributed by atoms with E-state index in [1.807, 2.05) is 40.7 Å². The average Bonchev–Trinajstić information content (AvgIpc) is 2.61. The topological polar surface area (TPSA) is 38.7 Å². The van der Waals surface area contributed by atoms with E-state index in [1.165, 1.54) is 0 Å². The maximum atomic E-state index is 11.1. The quantitative estimate of drug-likeness (QED) is 0.780. The molecule has 19 heavy (non-hydrogen) atoms. The van der Waals surface area contributed by atoms with Gasteiger partial charge in [0.05, 0.1) is 17.8 Å². The fourth-order valence-corrected chi connectivity index (χ4v) is 3.54. The largest absolute Gasteiger partial charge is 0.385 e. The summed E-state index contributed by atoms with van der Waals surface area (Å²) >= 11 is 0. The monoisotopic (exact) mass is 266 g/mol. The van der Waals surface area contributed by atoms with Crippen LogP contribution in [-0.4, -0.2) is 28.7 Å². The molecule has 0 aromatic rings. The molecule has 2 rings (SSSR count). The van der Waals surface area contributed by atoms with Crippen molar-refractivity contribution in [1.82, 2.24) is 0 Å². The van der Waals surface area contributed by atoms with E-state index in [0.717, 1.165) is 17.6 Å². The van der Waals surface area contributed by atoms with Gasteiger partial charge in [-0.25, -0.2) is 0 Å². The van der Waals surface area contributed by atoms with E-state index in [-0.39, 0.29) is 18.1 Å². The van der Waals surface area contributed by atoms with Gasteiger partial charge in [-0.15, -0.1) is 0 Å². The van der Waals surface area contributed by atoms with Crippen LogP contribution in [-0.2, 0) is 9.47 Å². The zero-order valence-corrected chi connectivity index (χ0v) is 12.7. The summed E-state index contributed by atoms with van der Waals surface area (Å²) in [6, 6.07) is 0. The molecule has 0 bridgehead atoms. The van der Waals surface area contributed by atoms with Crippen LogP contribution in [0.3, 0.4) is 0 Å². The Morgan fingerprint density at radius 1 is 1.32 bits per heavy atom. The molecule has 1 N–H and O–H groups in total. The molecule has 0 aromatic heterocycles. The van der Waals surface area contributed by atoms with Crippen molar-refractivity contribution in [3.8, 4) is 0 Å². The van der Waals surface area contributed by atoms with Crippen molar-refractivity contribution in [2.45, 2.75) is 71.1 Å². The molecule has 0 radical (unpaired) electrons. The molecule has 1 aliphatic heterocycles. The number of hydrogen-bond donors (Lipinski definition) is 1. The predicted octanol–water partition coefficient (Wildman–Crippen LogP) is 3.19. The van der Waals surface area contributed by atoms with Gasteiger partial charge in [0, 0.05) is 5.92 Å². The van der Waals surface area contributed by atoms with E-state index in [9.17, 15) is 5.11 Å². The van der Waals surface area contributed by atoms with Gasteiger partial charge in [-0.05, 0) is 53.0 Å². The van der Waals surface area contributed by atoms with Crippen LogP contribution in [0.15, 0.2) is 23.8 Å². The van der Waals surface area contributed by atoms with Gasteiger partial charge >= 0.3 is 0 Å². The number of rotatable bonds is 2. The lowest BCUT2D eigenvalue weighted by Gasteiger charge is -2.45. The van der Waals surface area contributed by atoms with Crippen LogP contribution in [0, 0.1) is 5.92 Å². The number of hydrogen-bond acceptors (Lipinski definition) is 3. The van der Waals surface area contributed by atoms with Crippen LogP contribution in [0.5, 0.6) is 0 Å². The van der Waals surface area contributed by atoms with Crippen molar-refractivity contribution in [1.29, 1.82) is 0 Å². The zero-order chi connectivity index (χ0) is 14.4. The van der Waals surface area contributed by atoms with Crippen molar-refractivity contribution in [2.75, 3.05) is 0 Å². The summed E-state index contributed by atoms with van der Waals surface area (Å²) in [6.07, 6.45) is 3.45. The van der Waals surface area contributed by atoms with Gasteiger partial charge in [-0.2, -0.15) is 0 Å². The van der Waals surface area contributed by atoms with Gasteiger partial charge in [0.1, 0.15) is 0 Å². The molecule has 0 unspecified atom stereocenters. The molecular weight excluding hydrogens is 240 g/mol. The fourth-order valence-electron chi connectivity index (χ4n) is 3.54. The Kier molecular flexibility index (Phi) is 3.67. The molecule has 2 aliphatic rings. The molecule has 2 fully saturated rings. The first-order valence-electron chi connectivity index (χ1n) is 7.08. The lowest BCUT2D eigenvalue weighted by atomic mass is 9.66. The normalized spacial score (nSPS) is 42.0. The van der Waals surface area contributed by atoms with Crippen LogP contribution in [0.2, 0.25) is 0 Å². The van der Waals surface area contributed by atoms with Crippen molar-refractivity contribution in [2.24, 2.45) is 5.92 Å². The standard InChI is InChI=1S/C16H26O3/c1-7-11(4)16(17)9-8-12-14(13(16)10(2)3)19-15(5,6)18-12/h7,12-14,17H,2,8-9H2,1,3-6H3/b11-7+/t12-,13+,14-,16+/m1/s1. The second-order valence-electron chi connectivity index (χ2n) is 6.40. The van der Waals surface area contributed by atoms with Crippen molar-refractivity contribution >= 4 is 0 Å². The molecule has 4 atom stereocenters. The van der Waals surface area contributed by atoms with E-state index in [4.69, 9.17) is 9.47 Å². The minimum atomic E-state index is -0.856. The highest BCUT2D eigenvalue weighted by molar-refractivity contribution is 5.26. The summed E-state index contributed by atoms with van der Waals surface area (Å²) in [5, 5.41) is 11.1. The average molecular weight is 266 g/mol. The fraction of sp³-hybridized carbons (Fsp3) is 0.750. The summed E-state index contributed by atoms with van der Waals surface area (Å²) in [5.41, 5.74) is 1.10. The van der Waals surface area contributed by atoms with Gasteiger partial charge < -0.3 is 14.6 Å². The Bertz CT molecular complexity index is 410. The maximum Gasteiger partial charge on any atom is 0.163 e. The van der Waals surface area contributed by atoms with Crippen molar-refractivity contribution in [3.05, 3.63) is 23.8 Å². The van der Waals surface area contributed by atoms with Gasteiger partial charge in [0.15, 0.2) is 5.79 Å². The van der Waals surface area contributed by atoms with Crippen LogP contribution in [0.25, 0.3) is 0 Å². The predicted molar refractivity (Wildman–Crippen MR) is 75.7 cm³/mol. The first-order valence-corrected chi connectivity index (χ1v) is 7.08. The molecule has 1 saturated carbocycles. The molecular formula is C16H26O3. The van der Waals surface area contributed by atoms with Gasteiger partial charge in [0.25, 0.3) is 0 Å². The Balaban J connectivity index is 2.38. The van der Waals surface area contributed by atoms with E-state index in [2.05, 4.69) is 6.58 Å². The van der Waals surface area contributed by atoms with E-state index < -0.39 is 11.4 Å². The molecule has 0 aromatic carbocycles. The van der Waals surface area contributed by atoms with Gasteiger partial charge in [-0.1, -0.05) is 18.2 Å². The van der Waals surface area contributed by atoms with Crippen LogP contribution < -0.4 is 0 Å². The minimum Gasteiger partial charge on any atom is -0.385 e. The van der Waals surface area contributed by atoms with Crippen molar-refractivity contribution < 1.29 is 14.6 Å². The van der Waals surface area contributed by atoms with Gasteiger partial charge in [0.2, 0.25) is 0 Å². The zero-order valence-electron chi connectivity index (χ0n) is 12.7. The molecule has 3 heteroatoms. The lowest BCUT2D eigenvalue weighted by Crippen LogP contribution is -2.53. The maximum absolute atomic E-state index is 11.1. The second-order valence-corrected chi connectivity index (χ2v) is 6.40. The first-order chi connectivity index (χ1) is 8.71. The molecule has 1 heterocycles.